The molecule has 4 rings (SSSR count). The van der Waals surface area contributed by atoms with Gasteiger partial charge < -0.3 is 10.0 Å². The van der Waals surface area contributed by atoms with Crippen LogP contribution < -0.4 is 0 Å². The quantitative estimate of drug-likeness (QED) is 0.909. The third-order valence-corrected chi connectivity index (χ3v) is 6.27. The van der Waals surface area contributed by atoms with Crippen LogP contribution in [0.15, 0.2) is 48.5 Å². The van der Waals surface area contributed by atoms with Gasteiger partial charge in [0.15, 0.2) is 0 Å². The van der Waals surface area contributed by atoms with E-state index >= 15 is 0 Å². The molecule has 0 radical (unpaired) electrons. The number of carbonyl (C=O) groups excluding carboxylic acids is 1. The zero-order chi connectivity index (χ0) is 18.5. The Morgan fingerprint density at radius 3 is 2.54 bits per heavy atom. The summed E-state index contributed by atoms with van der Waals surface area (Å²) in [5.41, 5.74) is 3.41. The van der Waals surface area contributed by atoms with Gasteiger partial charge in [0, 0.05) is 24.1 Å². The second kappa shape index (κ2) is 5.95. The highest BCUT2D eigenvalue weighted by Gasteiger charge is 2.57. The summed E-state index contributed by atoms with van der Waals surface area (Å²) in [6, 6.07) is 16.4. The van der Waals surface area contributed by atoms with Crippen LogP contribution in [0.4, 0.5) is 0 Å². The number of nitrogens with zero attached hydrogens (tertiary/aromatic N) is 1. The fourth-order valence-corrected chi connectivity index (χ4v) is 4.74. The Hall–Kier alpha value is -2.13. The van der Waals surface area contributed by atoms with Gasteiger partial charge in [-0.25, -0.2) is 0 Å². The Bertz CT molecular complexity index is 837. The van der Waals surface area contributed by atoms with E-state index in [-0.39, 0.29) is 5.91 Å². The molecule has 3 heteroatoms. The second-order valence-corrected chi connectivity index (χ2v) is 8.51. The first-order valence-electron chi connectivity index (χ1n) is 9.49. The highest BCUT2D eigenvalue weighted by atomic mass is 16.3. The average Bonchev–Trinajstić information content (AvgIpc) is 3.35. The molecular weight excluding hydrogens is 322 g/mol. The predicted molar refractivity (Wildman–Crippen MR) is 103 cm³/mol. The molecule has 2 aromatic rings. The number of hydrogen-bond donors (Lipinski definition) is 1. The van der Waals surface area contributed by atoms with E-state index in [9.17, 15) is 9.90 Å². The van der Waals surface area contributed by atoms with Crippen molar-refractivity contribution in [2.75, 3.05) is 13.1 Å². The van der Waals surface area contributed by atoms with E-state index in [2.05, 4.69) is 30.3 Å². The number of aryl methyl sites for hydroxylation is 1. The van der Waals surface area contributed by atoms with Crippen LogP contribution in [-0.4, -0.2) is 29.0 Å². The van der Waals surface area contributed by atoms with E-state index in [1.165, 1.54) is 12.0 Å². The van der Waals surface area contributed by atoms with Crippen LogP contribution in [0, 0.1) is 12.8 Å². The van der Waals surface area contributed by atoms with Crippen LogP contribution >= 0.6 is 0 Å². The van der Waals surface area contributed by atoms with Crippen molar-refractivity contribution in [3.63, 3.8) is 0 Å². The van der Waals surface area contributed by atoms with Crippen LogP contribution in [0.25, 0.3) is 0 Å². The van der Waals surface area contributed by atoms with Gasteiger partial charge in [-0.2, -0.15) is 0 Å². The van der Waals surface area contributed by atoms with E-state index in [1.807, 2.05) is 30.0 Å². The van der Waals surface area contributed by atoms with Crippen molar-refractivity contribution in [2.24, 2.45) is 5.92 Å². The van der Waals surface area contributed by atoms with Gasteiger partial charge in [0.1, 0.15) is 0 Å². The monoisotopic (exact) mass is 349 g/mol. The normalized spacial score (nSPS) is 24.9. The van der Waals surface area contributed by atoms with Crippen LogP contribution in [0.2, 0.25) is 0 Å². The van der Waals surface area contributed by atoms with E-state index in [4.69, 9.17) is 0 Å². The molecule has 1 aliphatic heterocycles. The van der Waals surface area contributed by atoms with E-state index in [0.29, 0.717) is 11.3 Å². The molecule has 26 heavy (non-hydrogen) atoms. The Kier molecular flexibility index (Phi) is 3.96. The minimum atomic E-state index is -0.889. The van der Waals surface area contributed by atoms with Crippen molar-refractivity contribution in [2.45, 2.75) is 44.6 Å². The van der Waals surface area contributed by atoms with Gasteiger partial charge in [-0.05, 0) is 68.4 Å². The van der Waals surface area contributed by atoms with Crippen molar-refractivity contribution >= 4 is 5.91 Å². The van der Waals surface area contributed by atoms with Crippen molar-refractivity contribution in [1.29, 1.82) is 0 Å². The molecule has 3 nitrogen and oxygen atoms in total. The summed E-state index contributed by atoms with van der Waals surface area (Å²) in [5.74, 6) is 0.698. The molecule has 2 aromatic carbocycles. The van der Waals surface area contributed by atoms with E-state index in [1.54, 1.807) is 13.8 Å². The summed E-state index contributed by atoms with van der Waals surface area (Å²) in [5, 5.41) is 10.2. The lowest BCUT2D eigenvalue weighted by molar-refractivity contribution is 0.0702. The van der Waals surface area contributed by atoms with Gasteiger partial charge >= 0.3 is 0 Å². The minimum absolute atomic E-state index is 0.115. The molecule has 0 bridgehead atoms. The lowest BCUT2D eigenvalue weighted by atomic mass is 9.87. The number of rotatable bonds is 3. The van der Waals surface area contributed by atoms with Gasteiger partial charge in [-0.3, -0.25) is 4.79 Å². The highest BCUT2D eigenvalue weighted by Crippen LogP contribution is 2.59. The molecule has 1 saturated heterocycles. The van der Waals surface area contributed by atoms with Crippen molar-refractivity contribution < 1.29 is 9.90 Å². The number of carbonyl (C=O) groups is 1. The molecule has 1 amide bonds. The number of hydrogen-bond acceptors (Lipinski definition) is 2. The van der Waals surface area contributed by atoms with Gasteiger partial charge in [0.2, 0.25) is 0 Å². The maximum Gasteiger partial charge on any atom is 0.253 e. The lowest BCUT2D eigenvalue weighted by Crippen LogP contribution is -2.40. The highest BCUT2D eigenvalue weighted by molar-refractivity contribution is 5.94. The zero-order valence-corrected chi connectivity index (χ0v) is 15.8. The summed E-state index contributed by atoms with van der Waals surface area (Å²) in [7, 11) is 0. The maximum absolute atomic E-state index is 13.0. The number of fused-ring (bicyclic) bond motifs is 1. The first-order valence-corrected chi connectivity index (χ1v) is 9.49. The second-order valence-electron chi connectivity index (χ2n) is 8.51. The Morgan fingerprint density at radius 2 is 1.92 bits per heavy atom. The van der Waals surface area contributed by atoms with Crippen molar-refractivity contribution in [1.82, 2.24) is 4.90 Å². The van der Waals surface area contributed by atoms with Crippen molar-refractivity contribution in [3.8, 4) is 0 Å². The minimum Gasteiger partial charge on any atom is -0.386 e. The van der Waals surface area contributed by atoms with Crippen LogP contribution in [0.5, 0.6) is 0 Å². The van der Waals surface area contributed by atoms with Gasteiger partial charge in [-0.1, -0.05) is 36.4 Å². The fourth-order valence-electron chi connectivity index (χ4n) is 4.74. The molecule has 136 valence electrons. The molecule has 2 unspecified atom stereocenters. The summed E-state index contributed by atoms with van der Waals surface area (Å²) in [6.07, 6.45) is 2.24. The lowest BCUT2D eigenvalue weighted by Gasteiger charge is -2.32. The smallest absolute Gasteiger partial charge is 0.253 e. The molecule has 1 aliphatic carbocycles. The predicted octanol–water partition coefficient (Wildman–Crippen LogP) is 4.03. The van der Waals surface area contributed by atoms with Crippen molar-refractivity contribution in [3.05, 3.63) is 70.8 Å². The third kappa shape index (κ3) is 2.84. The average molecular weight is 349 g/mol. The molecule has 0 spiro atoms. The van der Waals surface area contributed by atoms with Crippen LogP contribution in [0.1, 0.15) is 53.7 Å². The maximum atomic E-state index is 13.0. The first kappa shape index (κ1) is 17.3. The van der Waals surface area contributed by atoms with Crippen LogP contribution in [0.3, 0.4) is 0 Å². The summed E-state index contributed by atoms with van der Waals surface area (Å²) < 4.78 is 0. The summed E-state index contributed by atoms with van der Waals surface area (Å²) in [4.78, 5) is 15.0. The molecule has 0 aromatic heterocycles. The third-order valence-electron chi connectivity index (χ3n) is 6.27. The SMILES string of the molecule is Cc1cc(C(=O)N2CCC3(c4ccccc4)CC3C2)ccc1C(C)(C)O. The summed E-state index contributed by atoms with van der Waals surface area (Å²) in [6.45, 7) is 7.17. The number of likely N-dealkylation sites (tertiary alicyclic amines) is 1. The fraction of sp³-hybridized carbons (Fsp3) is 0.435. The zero-order valence-electron chi connectivity index (χ0n) is 15.8. The van der Waals surface area contributed by atoms with Gasteiger partial charge in [0.05, 0.1) is 5.60 Å². The number of piperidine rings is 1. The molecule has 1 saturated carbocycles. The number of amides is 1. The molecule has 1 N–H and O–H groups in total. The molecule has 2 fully saturated rings. The topological polar surface area (TPSA) is 40.5 Å². The van der Waals surface area contributed by atoms with E-state index < -0.39 is 5.60 Å². The largest absolute Gasteiger partial charge is 0.386 e. The molecular formula is C23H27NO2. The molecule has 2 aliphatic rings. The summed E-state index contributed by atoms with van der Waals surface area (Å²) >= 11 is 0. The molecule has 2 atom stereocenters. The molecule has 1 heterocycles. The first-order chi connectivity index (χ1) is 12.3. The number of benzene rings is 2. The van der Waals surface area contributed by atoms with Gasteiger partial charge in [0.25, 0.3) is 5.91 Å². The van der Waals surface area contributed by atoms with Crippen LogP contribution in [-0.2, 0) is 11.0 Å². The van der Waals surface area contributed by atoms with E-state index in [0.717, 1.165) is 36.2 Å². The standard InChI is InChI=1S/C23H27NO2/c1-16-13-17(9-10-20(16)22(2,3)26)21(25)24-12-11-23(14-19(23)15-24)18-7-5-4-6-8-18/h4-10,13,19,26H,11-12,14-15H2,1-3H3. The Balaban J connectivity index is 1.49. The Morgan fingerprint density at radius 1 is 1.19 bits per heavy atom. The number of aliphatic hydroxyl groups is 1. The van der Waals surface area contributed by atoms with Gasteiger partial charge in [-0.15, -0.1) is 0 Å². The Labute approximate surface area is 155 Å².